The molecular weight excluding hydrogens is 416 g/mol. The molecule has 3 atom stereocenters. The minimum atomic E-state index is -1.44. The van der Waals surface area contributed by atoms with Crippen molar-refractivity contribution in [2.75, 3.05) is 11.5 Å². The highest BCUT2D eigenvalue weighted by atomic mass is 32.2. The van der Waals surface area contributed by atoms with Crippen LogP contribution in [0, 0.1) is 0 Å². The lowest BCUT2D eigenvalue weighted by Gasteiger charge is -2.56. The second-order valence-corrected chi connectivity index (χ2v) is 9.10. The predicted molar refractivity (Wildman–Crippen MR) is 109 cm³/mol. The number of β-lactam (4-membered cyclic amide) rings is 1. The van der Waals surface area contributed by atoms with Crippen LogP contribution in [0.1, 0.15) is 25.5 Å². The molecule has 3 rings (SSSR count). The molecule has 1 unspecified atom stereocenters. The second kappa shape index (κ2) is 8.21. The number of amides is 2. The van der Waals surface area contributed by atoms with Crippen LogP contribution in [0.3, 0.4) is 0 Å². The van der Waals surface area contributed by atoms with Crippen molar-refractivity contribution in [1.82, 2.24) is 10.2 Å². The summed E-state index contributed by atoms with van der Waals surface area (Å²) in [4.78, 5) is 49.5. The molecule has 1 aromatic carbocycles. The monoisotopic (exact) mass is 436 g/mol. The van der Waals surface area contributed by atoms with Gasteiger partial charge in [-0.15, -0.1) is 11.8 Å². The number of nitrogens with one attached hydrogen (secondary N) is 1. The van der Waals surface area contributed by atoms with Gasteiger partial charge in [-0.1, -0.05) is 42.1 Å². The van der Waals surface area contributed by atoms with Crippen LogP contribution in [0.2, 0.25) is 0 Å². The maximum absolute atomic E-state index is 12.9. The molecule has 2 amide bonds. The van der Waals surface area contributed by atoms with Gasteiger partial charge in [-0.3, -0.25) is 19.3 Å². The Morgan fingerprint density at radius 3 is 2.59 bits per heavy atom. The summed E-state index contributed by atoms with van der Waals surface area (Å²) in [5, 5.41) is 21.7. The summed E-state index contributed by atoms with van der Waals surface area (Å²) in [5.74, 6) is -2.03. The number of benzene rings is 1. The quantitative estimate of drug-likeness (QED) is 0.567. The van der Waals surface area contributed by atoms with E-state index in [-0.39, 0.29) is 16.6 Å². The van der Waals surface area contributed by atoms with E-state index in [1.165, 1.54) is 25.6 Å². The zero-order chi connectivity index (χ0) is 21.3. The number of hydrogen-bond donors (Lipinski definition) is 3. The van der Waals surface area contributed by atoms with Crippen LogP contribution in [0.4, 0.5) is 0 Å². The molecule has 2 aliphatic heterocycles. The maximum Gasteiger partial charge on any atom is 0.352 e. The number of aliphatic hydroxyl groups excluding tert-OH is 1. The number of carbonyl (C=O) groups is 4. The highest BCUT2D eigenvalue weighted by Crippen LogP contribution is 2.46. The lowest BCUT2D eigenvalue weighted by Crippen LogP contribution is -2.78. The molecule has 0 radical (unpaired) electrons. The fourth-order valence-corrected chi connectivity index (χ4v) is 5.50. The van der Waals surface area contributed by atoms with Gasteiger partial charge in [0.15, 0.2) is 11.2 Å². The predicted octanol–water partition coefficient (Wildman–Crippen LogP) is 1.13. The van der Waals surface area contributed by atoms with E-state index in [0.29, 0.717) is 16.9 Å². The maximum atomic E-state index is 12.9. The van der Waals surface area contributed by atoms with E-state index >= 15 is 0 Å². The van der Waals surface area contributed by atoms with E-state index < -0.39 is 34.8 Å². The Morgan fingerprint density at radius 2 is 2.00 bits per heavy atom. The molecule has 0 spiro atoms. The first-order valence-electron chi connectivity index (χ1n) is 8.75. The third-order valence-corrected chi connectivity index (χ3v) is 7.19. The van der Waals surface area contributed by atoms with Gasteiger partial charge in [-0.25, -0.2) is 4.79 Å². The van der Waals surface area contributed by atoms with Crippen LogP contribution in [-0.2, 0) is 19.2 Å². The molecule has 3 N–H and O–H groups in total. The molecule has 8 nitrogen and oxygen atoms in total. The summed E-state index contributed by atoms with van der Waals surface area (Å²) in [6.45, 7) is 2.91. The number of hydrogen-bond acceptors (Lipinski definition) is 7. The first kappa shape index (κ1) is 21.4. The van der Waals surface area contributed by atoms with Gasteiger partial charge < -0.3 is 15.5 Å². The van der Waals surface area contributed by atoms with Gasteiger partial charge in [0.2, 0.25) is 0 Å². The molecule has 0 aromatic heterocycles. The van der Waals surface area contributed by atoms with Crippen molar-refractivity contribution < 1.29 is 29.4 Å². The summed E-state index contributed by atoms with van der Waals surface area (Å²) in [7, 11) is 0. The number of carboxylic acid groups (broad SMARTS) is 1. The SMILES string of the molecule is CC(=O)SCC1=C(C(=O)O)N2C(=O)[C@](C)(NC(=O)C(O)c3ccccc3)[C@H]2SC1. The molecule has 0 saturated carbocycles. The van der Waals surface area contributed by atoms with Crippen molar-refractivity contribution >= 4 is 46.4 Å². The number of thioether (sulfide) groups is 2. The largest absolute Gasteiger partial charge is 0.477 e. The molecule has 0 bridgehead atoms. The van der Waals surface area contributed by atoms with Crippen LogP contribution in [-0.4, -0.2) is 60.4 Å². The molecule has 2 heterocycles. The Hall–Kier alpha value is -2.30. The van der Waals surface area contributed by atoms with Crippen LogP contribution < -0.4 is 5.32 Å². The lowest BCUT2D eigenvalue weighted by atomic mass is 9.87. The van der Waals surface area contributed by atoms with Crippen molar-refractivity contribution in [3.8, 4) is 0 Å². The molecule has 0 aliphatic carbocycles. The number of carboxylic acids is 1. The first-order chi connectivity index (χ1) is 13.7. The van der Waals surface area contributed by atoms with E-state index in [4.69, 9.17) is 0 Å². The van der Waals surface area contributed by atoms with Crippen LogP contribution in [0.15, 0.2) is 41.6 Å². The van der Waals surface area contributed by atoms with Crippen LogP contribution in [0.5, 0.6) is 0 Å². The number of rotatable bonds is 6. The highest BCUT2D eigenvalue weighted by molar-refractivity contribution is 8.13. The summed E-state index contributed by atoms with van der Waals surface area (Å²) in [6.07, 6.45) is -1.44. The molecule has 10 heteroatoms. The van der Waals surface area contributed by atoms with Gasteiger partial charge in [0, 0.05) is 18.4 Å². The lowest BCUT2D eigenvalue weighted by molar-refractivity contribution is -0.159. The molecule has 2 aliphatic rings. The van der Waals surface area contributed by atoms with Gasteiger partial charge in [0.1, 0.15) is 16.6 Å². The minimum Gasteiger partial charge on any atom is -0.477 e. The smallest absolute Gasteiger partial charge is 0.352 e. The summed E-state index contributed by atoms with van der Waals surface area (Å²) in [6, 6.07) is 8.32. The van der Waals surface area contributed by atoms with E-state index in [0.717, 1.165) is 16.7 Å². The van der Waals surface area contributed by atoms with Gasteiger partial charge >= 0.3 is 5.97 Å². The van der Waals surface area contributed by atoms with Crippen LogP contribution >= 0.6 is 23.5 Å². The fraction of sp³-hybridized carbons (Fsp3) is 0.368. The molecule has 1 aromatic rings. The van der Waals surface area contributed by atoms with Gasteiger partial charge in [0.05, 0.1) is 0 Å². The Kier molecular flexibility index (Phi) is 6.06. The Morgan fingerprint density at radius 1 is 1.34 bits per heavy atom. The van der Waals surface area contributed by atoms with E-state index in [9.17, 15) is 29.4 Å². The van der Waals surface area contributed by atoms with Gasteiger partial charge in [-0.05, 0) is 18.1 Å². The summed E-state index contributed by atoms with van der Waals surface area (Å²) in [5.41, 5.74) is -0.590. The Labute approximate surface area is 175 Å². The normalized spacial score (nSPS) is 24.4. The van der Waals surface area contributed by atoms with Crippen molar-refractivity contribution in [2.24, 2.45) is 0 Å². The molecule has 154 valence electrons. The topological polar surface area (TPSA) is 124 Å². The Balaban J connectivity index is 1.79. The van der Waals surface area contributed by atoms with Crippen molar-refractivity contribution in [1.29, 1.82) is 0 Å². The fourth-order valence-electron chi connectivity index (χ4n) is 3.31. The summed E-state index contributed by atoms with van der Waals surface area (Å²) >= 11 is 2.30. The third-order valence-electron chi connectivity index (χ3n) is 4.78. The number of carbonyl (C=O) groups excluding carboxylic acids is 3. The van der Waals surface area contributed by atoms with Crippen LogP contribution in [0.25, 0.3) is 0 Å². The second-order valence-electron chi connectivity index (χ2n) is 6.88. The van der Waals surface area contributed by atoms with Crippen molar-refractivity contribution in [3.05, 3.63) is 47.2 Å². The van der Waals surface area contributed by atoms with Gasteiger partial charge in [-0.2, -0.15) is 0 Å². The van der Waals surface area contributed by atoms with Crippen molar-refractivity contribution in [3.63, 3.8) is 0 Å². The van der Waals surface area contributed by atoms with E-state index in [2.05, 4.69) is 5.32 Å². The molecule has 29 heavy (non-hydrogen) atoms. The van der Waals surface area contributed by atoms with Gasteiger partial charge in [0.25, 0.3) is 11.8 Å². The minimum absolute atomic E-state index is 0.136. The first-order valence-corrected chi connectivity index (χ1v) is 10.8. The molecule has 1 fully saturated rings. The number of aliphatic carboxylic acids is 1. The average Bonchev–Trinajstić information content (AvgIpc) is 2.70. The molecule has 1 saturated heterocycles. The molecular formula is C19H20N2O6S2. The zero-order valence-corrected chi connectivity index (χ0v) is 17.4. The van der Waals surface area contributed by atoms with E-state index in [1.807, 2.05) is 0 Å². The Bertz CT molecular complexity index is 903. The number of fused-ring (bicyclic) bond motifs is 1. The number of nitrogens with zero attached hydrogens (tertiary/aromatic N) is 1. The third kappa shape index (κ3) is 3.92. The number of aliphatic hydroxyl groups is 1. The zero-order valence-electron chi connectivity index (χ0n) is 15.7. The standard InChI is InChI=1S/C19H20N2O6S2/c1-10(22)28-8-12-9-29-18-19(2,17(27)21(18)13(12)16(25)26)20-15(24)14(23)11-6-4-3-5-7-11/h3-7,14,18,23H,8-9H2,1-2H3,(H,20,24)(H,25,26)/t14?,18-,19+/m1/s1. The van der Waals surface area contributed by atoms with Crippen molar-refractivity contribution in [2.45, 2.75) is 30.9 Å². The van der Waals surface area contributed by atoms with E-state index in [1.54, 1.807) is 30.3 Å². The summed E-state index contributed by atoms with van der Waals surface area (Å²) < 4.78 is 0. The highest BCUT2D eigenvalue weighted by Gasteiger charge is 2.62. The average molecular weight is 437 g/mol.